The number of imidazole rings is 4. The van der Waals surface area contributed by atoms with Crippen molar-refractivity contribution in [1.82, 2.24) is 57.8 Å². The molecule has 4 aromatic heterocycles. The van der Waals surface area contributed by atoms with E-state index in [1.807, 2.05) is 27.7 Å². The van der Waals surface area contributed by atoms with Crippen molar-refractivity contribution in [2.75, 3.05) is 78.8 Å². The second kappa shape index (κ2) is 45.9. The zero-order valence-corrected chi connectivity index (χ0v) is 62.6. The van der Waals surface area contributed by atoms with E-state index >= 15 is 0 Å². The molecule has 0 unspecified atom stereocenters. The summed E-state index contributed by atoms with van der Waals surface area (Å²) in [6.07, 6.45) is 21.9. The Bertz CT molecular complexity index is 3030. The van der Waals surface area contributed by atoms with Crippen molar-refractivity contribution in [3.8, 4) is 23.0 Å². The molecule has 4 amide bonds. The van der Waals surface area contributed by atoms with Crippen LogP contribution in [0, 0.1) is 0 Å². The van der Waals surface area contributed by atoms with E-state index in [1.54, 1.807) is 118 Å². The van der Waals surface area contributed by atoms with Crippen LogP contribution < -0.4 is 43.8 Å². The van der Waals surface area contributed by atoms with Gasteiger partial charge < -0.3 is 63.4 Å². The predicted molar refractivity (Wildman–Crippen MR) is 367 cm³/mol. The van der Waals surface area contributed by atoms with Crippen molar-refractivity contribution in [2.45, 2.75) is 53.4 Å². The van der Waals surface area contributed by atoms with Gasteiger partial charge in [0, 0.05) is 95.8 Å². The topological polar surface area (TPSA) is 189 Å². The maximum absolute atomic E-state index is 12.3. The van der Waals surface area contributed by atoms with Crippen molar-refractivity contribution in [3.63, 3.8) is 0 Å². The first-order valence-corrected chi connectivity index (χ1v) is 32.8. The molecular formula is C60H64Cl14CuN12O8. The number of rotatable bonds is 24. The van der Waals surface area contributed by atoms with Crippen molar-refractivity contribution >= 4 is 163 Å². The van der Waals surface area contributed by atoms with Gasteiger partial charge >= 0.3 is 41.2 Å². The molecule has 0 spiro atoms. The smallest absolute Gasteiger partial charge is 1.00 e. The quantitative estimate of drug-likeness (QED) is 0.0521. The molecule has 8 rings (SSSR count). The molecule has 0 aliphatic carbocycles. The molecule has 0 saturated heterocycles. The predicted octanol–water partition coefficient (Wildman–Crippen LogP) is 12.4. The molecule has 521 valence electrons. The summed E-state index contributed by atoms with van der Waals surface area (Å²) in [5.74, 6) is 1.46. The molecule has 1 radical (unpaired) electrons. The van der Waals surface area contributed by atoms with Gasteiger partial charge in [-0.15, -0.1) is 0 Å². The number of carbonyl (C=O) groups is 4. The van der Waals surface area contributed by atoms with Gasteiger partial charge in [-0.2, -0.15) is 0 Å². The third-order valence-electron chi connectivity index (χ3n) is 12.2. The van der Waals surface area contributed by atoms with E-state index in [0.29, 0.717) is 136 Å². The maximum Gasteiger partial charge on any atom is 2.00 e. The molecule has 0 fully saturated rings. The van der Waals surface area contributed by atoms with Crippen LogP contribution in [0.5, 0.6) is 23.0 Å². The number of benzene rings is 4. The Morgan fingerprint density at radius 1 is 0.326 bits per heavy atom. The number of hydrogen-bond acceptors (Lipinski definition) is 12. The fraction of sp³-hybridized carbons (Fsp3) is 0.333. The summed E-state index contributed by atoms with van der Waals surface area (Å²) in [6.45, 7) is 13.1. The number of halogens is 14. The van der Waals surface area contributed by atoms with Crippen LogP contribution in [0.2, 0.25) is 60.3 Å². The first kappa shape index (κ1) is 86.5. The molecule has 35 heteroatoms. The van der Waals surface area contributed by atoms with E-state index in [0.717, 1.165) is 25.7 Å². The Hall–Kier alpha value is -4.62. The van der Waals surface area contributed by atoms with Crippen molar-refractivity contribution in [1.29, 1.82) is 0 Å². The van der Waals surface area contributed by atoms with Crippen LogP contribution in [-0.2, 0) is 17.1 Å². The molecule has 0 N–H and O–H groups in total. The number of ether oxygens (including phenoxy) is 4. The third-order valence-corrected chi connectivity index (χ3v) is 15.4. The van der Waals surface area contributed by atoms with Crippen LogP contribution in [0.4, 0.5) is 19.2 Å². The average Bonchev–Trinajstić information content (AvgIpc) is 1.86. The molecule has 0 atom stereocenters. The minimum atomic E-state index is -0.152. The van der Waals surface area contributed by atoms with E-state index < -0.39 is 0 Å². The molecule has 0 saturated carbocycles. The largest absolute Gasteiger partial charge is 2.00 e. The van der Waals surface area contributed by atoms with Crippen molar-refractivity contribution < 1.29 is 80.0 Å². The summed E-state index contributed by atoms with van der Waals surface area (Å²) in [5, 5.41) is 4.47. The van der Waals surface area contributed by atoms with Crippen LogP contribution in [0.25, 0.3) is 0 Å². The van der Waals surface area contributed by atoms with Gasteiger partial charge in [0.1, 0.15) is 51.7 Å². The second-order valence-corrected chi connectivity index (χ2v) is 24.1. The molecule has 20 nitrogen and oxygen atoms in total. The van der Waals surface area contributed by atoms with Gasteiger partial charge in [0.25, 0.3) is 0 Å². The van der Waals surface area contributed by atoms with Crippen LogP contribution in [0.1, 0.15) is 53.4 Å². The molecule has 4 aromatic carbocycles. The van der Waals surface area contributed by atoms with Gasteiger partial charge in [0.15, 0.2) is 23.0 Å². The summed E-state index contributed by atoms with van der Waals surface area (Å²) < 4.78 is 28.2. The number of nitrogens with zero attached hydrogens (tertiary/aromatic N) is 12. The Morgan fingerprint density at radius 2 is 0.495 bits per heavy atom. The molecule has 0 aliphatic heterocycles. The van der Waals surface area contributed by atoms with E-state index in [4.69, 9.17) is 158 Å². The number of aromatic nitrogens is 8. The Labute approximate surface area is 634 Å². The van der Waals surface area contributed by atoms with Gasteiger partial charge in [-0.1, -0.05) is 167 Å². The molecular weight excluding hydrogens is 1580 g/mol. The fourth-order valence-electron chi connectivity index (χ4n) is 8.13. The molecule has 4 heterocycles. The van der Waals surface area contributed by atoms with Gasteiger partial charge in [0.05, 0.1) is 66.4 Å². The third kappa shape index (κ3) is 28.3. The fourth-order valence-corrected chi connectivity index (χ4v) is 11.8. The summed E-state index contributed by atoms with van der Waals surface area (Å²) in [7, 11) is 0. The maximum atomic E-state index is 12.3. The Morgan fingerprint density at radius 3 is 0.632 bits per heavy atom. The minimum Gasteiger partial charge on any atom is -1.00 e. The van der Waals surface area contributed by atoms with E-state index in [1.165, 1.54) is 43.6 Å². The monoisotopic (exact) mass is 1630 g/mol. The first-order chi connectivity index (χ1) is 44.1. The molecule has 95 heavy (non-hydrogen) atoms. The SMILES string of the molecule is CCCN(CCOc1c(Cl)cc(Cl)cc1Cl)C(=O)n1ccnc1.CCCN(CCOc1c(Cl)cc(Cl)cc1Cl)C(=O)n1ccnc1.CCCN(CCOc1c(Cl)cc(Cl)cc1Cl)C(=O)n1ccnc1.CCCN(CCOc1c(Cl)cc(Cl)cc1Cl)C(=O)n1ccnc1.[Cl-].[Cl-].[Cu+2]. The van der Waals surface area contributed by atoms with Crippen LogP contribution in [0.15, 0.2) is 123 Å². The Balaban J connectivity index is 0.000000427. The summed E-state index contributed by atoms with van der Waals surface area (Å²) in [5.41, 5.74) is 0. The van der Waals surface area contributed by atoms with Crippen LogP contribution in [0.3, 0.4) is 0 Å². The van der Waals surface area contributed by atoms with Crippen molar-refractivity contribution in [3.05, 3.63) is 184 Å². The summed E-state index contributed by atoms with van der Waals surface area (Å²) >= 11 is 72.0. The van der Waals surface area contributed by atoms with Gasteiger partial charge in [-0.25, -0.2) is 39.1 Å². The summed E-state index contributed by atoms with van der Waals surface area (Å²) in [4.78, 5) is 71.6. The standard InChI is InChI=1S/4C15H16Cl3N3O2.2ClH.Cu/c4*1-2-4-20(15(22)21-5-3-19-10-21)6-7-23-14-12(17)8-11(16)9-13(14)18;;;/h4*3,5,8-10H,2,4,6-7H2,1H3;2*1H;/q;;;;;;+2/p-2. The molecule has 0 bridgehead atoms. The average molecular weight is 1640 g/mol. The van der Waals surface area contributed by atoms with Gasteiger partial charge in [0.2, 0.25) is 0 Å². The van der Waals surface area contributed by atoms with Gasteiger partial charge in [-0.3, -0.25) is 18.3 Å². The Kier molecular flexibility index (Phi) is 41.7. The first-order valence-electron chi connectivity index (χ1n) is 28.3. The summed E-state index contributed by atoms with van der Waals surface area (Å²) in [6, 6.07) is 11.9. The van der Waals surface area contributed by atoms with Crippen LogP contribution in [-0.4, -0.2) is 161 Å². The van der Waals surface area contributed by atoms with Gasteiger partial charge in [-0.05, 0) is 74.2 Å². The number of amides is 4. The molecule has 8 aromatic rings. The van der Waals surface area contributed by atoms with E-state index in [9.17, 15) is 19.2 Å². The zero-order chi connectivity index (χ0) is 67.3. The van der Waals surface area contributed by atoms with Crippen LogP contribution >= 0.6 is 139 Å². The number of hydrogen-bond donors (Lipinski definition) is 0. The molecule has 0 aliphatic rings. The van der Waals surface area contributed by atoms with E-state index in [-0.39, 0.29) is 92.4 Å². The zero-order valence-electron chi connectivity index (χ0n) is 51.1. The normalized spacial score (nSPS) is 10.3. The number of carbonyl (C=O) groups excluding carboxylic acids is 4. The minimum absolute atomic E-state index is 0. The van der Waals surface area contributed by atoms with Crippen molar-refractivity contribution in [2.24, 2.45) is 0 Å². The second-order valence-electron chi connectivity index (χ2n) is 19.1. The van der Waals surface area contributed by atoms with E-state index in [2.05, 4.69) is 19.9 Å².